The van der Waals surface area contributed by atoms with Crippen molar-refractivity contribution in [1.29, 1.82) is 0 Å². The molecule has 57 heavy (non-hydrogen) atoms. The van der Waals surface area contributed by atoms with E-state index in [0.717, 1.165) is 122 Å². The molecule has 0 radical (unpaired) electrons. The standard InChI is InChI=1S/C51H29N3O3/c1-4-30(22-32(6-1)35-10-14-45-39(25-35)42-28-52-20-18-48(42)55-45)31-5-2-7-33(23-31)37-12-16-47-41(27-37)51-50(57-47)17-13-44(54-51)38-9-3-8-34(24-38)36-11-15-46-40(26-36)43-29-53-21-19-49(43)56-46/h1-29H. The van der Waals surface area contributed by atoms with E-state index in [0.29, 0.717) is 0 Å². The summed E-state index contributed by atoms with van der Waals surface area (Å²) in [6.45, 7) is 0. The first kappa shape index (κ1) is 31.5. The molecule has 0 saturated heterocycles. The lowest BCUT2D eigenvalue weighted by atomic mass is 9.95. The van der Waals surface area contributed by atoms with E-state index in [1.54, 1.807) is 12.4 Å². The van der Waals surface area contributed by atoms with Gasteiger partial charge in [0.25, 0.3) is 0 Å². The molecule has 6 aromatic carbocycles. The number of benzene rings is 6. The number of aromatic nitrogens is 3. The summed E-state index contributed by atoms with van der Waals surface area (Å²) in [4.78, 5) is 13.8. The fourth-order valence-corrected chi connectivity index (χ4v) is 8.20. The topological polar surface area (TPSA) is 78.1 Å². The maximum atomic E-state index is 6.30. The van der Waals surface area contributed by atoms with Crippen LogP contribution in [-0.2, 0) is 0 Å². The van der Waals surface area contributed by atoms with Gasteiger partial charge < -0.3 is 13.3 Å². The van der Waals surface area contributed by atoms with Gasteiger partial charge in [-0.1, -0.05) is 72.8 Å². The minimum Gasteiger partial charge on any atom is -0.456 e. The van der Waals surface area contributed by atoms with Gasteiger partial charge in [-0.3, -0.25) is 9.97 Å². The Labute approximate surface area is 325 Å². The minimum absolute atomic E-state index is 0.761. The molecule has 6 heterocycles. The smallest absolute Gasteiger partial charge is 0.153 e. The number of fused-ring (bicyclic) bond motifs is 9. The summed E-state index contributed by atoms with van der Waals surface area (Å²) in [7, 11) is 0. The molecule has 6 nitrogen and oxygen atoms in total. The second-order valence-corrected chi connectivity index (χ2v) is 14.5. The average Bonchev–Trinajstić information content (AvgIpc) is 3.96. The largest absolute Gasteiger partial charge is 0.456 e. The Hall–Kier alpha value is -7.83. The molecule has 6 heteroatoms. The van der Waals surface area contributed by atoms with Crippen molar-refractivity contribution in [2.24, 2.45) is 0 Å². The van der Waals surface area contributed by atoms with Crippen molar-refractivity contribution in [2.45, 2.75) is 0 Å². The number of furan rings is 3. The van der Waals surface area contributed by atoms with Crippen LogP contribution in [0, 0.1) is 0 Å². The highest BCUT2D eigenvalue weighted by molar-refractivity contribution is 6.07. The van der Waals surface area contributed by atoms with Crippen molar-refractivity contribution >= 4 is 65.9 Å². The molecule has 0 spiro atoms. The lowest BCUT2D eigenvalue weighted by Crippen LogP contribution is -1.86. The van der Waals surface area contributed by atoms with Crippen LogP contribution in [0.2, 0.25) is 0 Å². The summed E-state index contributed by atoms with van der Waals surface area (Å²) in [5.41, 5.74) is 16.7. The number of hydrogen-bond donors (Lipinski definition) is 0. The first-order chi connectivity index (χ1) is 28.2. The van der Waals surface area contributed by atoms with Crippen molar-refractivity contribution in [2.75, 3.05) is 0 Å². The molecule has 0 bridgehead atoms. The lowest BCUT2D eigenvalue weighted by Gasteiger charge is -2.09. The molecule has 0 aliphatic rings. The highest BCUT2D eigenvalue weighted by Crippen LogP contribution is 2.38. The number of hydrogen-bond acceptors (Lipinski definition) is 6. The van der Waals surface area contributed by atoms with Crippen LogP contribution >= 0.6 is 0 Å². The summed E-state index contributed by atoms with van der Waals surface area (Å²) in [5.74, 6) is 0. The quantitative estimate of drug-likeness (QED) is 0.175. The number of rotatable bonds is 5. The van der Waals surface area contributed by atoms with Crippen LogP contribution in [-0.4, -0.2) is 15.0 Å². The van der Waals surface area contributed by atoms with E-state index in [1.807, 2.05) is 48.8 Å². The zero-order chi connectivity index (χ0) is 37.5. The van der Waals surface area contributed by atoms with E-state index in [-0.39, 0.29) is 0 Å². The predicted octanol–water partition coefficient (Wildman–Crippen LogP) is 13.9. The maximum Gasteiger partial charge on any atom is 0.153 e. The molecule has 12 rings (SSSR count). The van der Waals surface area contributed by atoms with Gasteiger partial charge in [-0.2, -0.15) is 0 Å². The van der Waals surface area contributed by atoms with E-state index in [1.165, 1.54) is 0 Å². The molecule has 0 aliphatic heterocycles. The summed E-state index contributed by atoms with van der Waals surface area (Å²) < 4.78 is 18.4. The van der Waals surface area contributed by atoms with Gasteiger partial charge in [-0.25, -0.2) is 4.98 Å². The third-order valence-corrected chi connectivity index (χ3v) is 11.1. The Morgan fingerprint density at radius 2 is 0.684 bits per heavy atom. The summed E-state index contributed by atoms with van der Waals surface area (Å²) in [6.07, 6.45) is 7.25. The maximum absolute atomic E-state index is 6.30. The van der Waals surface area contributed by atoms with Crippen molar-refractivity contribution in [3.05, 3.63) is 176 Å². The second-order valence-electron chi connectivity index (χ2n) is 14.5. The third kappa shape index (κ3) is 5.23. The van der Waals surface area contributed by atoms with Crippen LogP contribution in [0.25, 0.3) is 122 Å². The Balaban J connectivity index is 0.881. The van der Waals surface area contributed by atoms with Crippen LogP contribution in [0.3, 0.4) is 0 Å². The van der Waals surface area contributed by atoms with Crippen molar-refractivity contribution in [3.63, 3.8) is 0 Å². The molecule has 0 aliphatic carbocycles. The predicted molar refractivity (Wildman–Crippen MR) is 229 cm³/mol. The van der Waals surface area contributed by atoms with Gasteiger partial charge >= 0.3 is 0 Å². The normalized spacial score (nSPS) is 11.9. The Bertz CT molecular complexity index is 3550. The molecular formula is C51H29N3O3. The van der Waals surface area contributed by atoms with Gasteiger partial charge in [0.1, 0.15) is 33.4 Å². The Kier molecular flexibility index (Phi) is 6.83. The average molecular weight is 732 g/mol. The van der Waals surface area contributed by atoms with Crippen molar-refractivity contribution in [1.82, 2.24) is 15.0 Å². The van der Waals surface area contributed by atoms with Gasteiger partial charge in [0, 0.05) is 57.3 Å². The van der Waals surface area contributed by atoms with Gasteiger partial charge in [0.2, 0.25) is 0 Å². The van der Waals surface area contributed by atoms with Crippen molar-refractivity contribution in [3.8, 4) is 55.8 Å². The summed E-state index contributed by atoms with van der Waals surface area (Å²) >= 11 is 0. The molecule has 0 atom stereocenters. The van der Waals surface area contributed by atoms with Crippen LogP contribution in [0.1, 0.15) is 0 Å². The zero-order valence-corrected chi connectivity index (χ0v) is 30.3. The molecule has 0 unspecified atom stereocenters. The van der Waals surface area contributed by atoms with Gasteiger partial charge in [0.15, 0.2) is 5.58 Å². The number of nitrogens with zero attached hydrogens (tertiary/aromatic N) is 3. The Morgan fingerprint density at radius 3 is 1.21 bits per heavy atom. The van der Waals surface area contributed by atoms with Crippen LogP contribution in [0.15, 0.2) is 190 Å². The molecule has 0 amide bonds. The SMILES string of the molecule is c1cc(-c2cccc(-c3ccc4oc5ccc(-c6cccc(-c7ccc8oc9ccncc9c8c7)c6)nc5c4c3)c2)cc(-c2ccc3oc4ccncc4c3c2)c1. The van der Waals surface area contributed by atoms with E-state index in [2.05, 4.69) is 125 Å². The molecule has 266 valence electrons. The first-order valence-corrected chi connectivity index (χ1v) is 18.9. The first-order valence-electron chi connectivity index (χ1n) is 18.9. The van der Waals surface area contributed by atoms with Crippen LogP contribution in [0.4, 0.5) is 0 Å². The van der Waals surface area contributed by atoms with Gasteiger partial charge in [-0.05, 0) is 123 Å². The van der Waals surface area contributed by atoms with Crippen LogP contribution in [0.5, 0.6) is 0 Å². The molecule has 0 saturated carbocycles. The fourth-order valence-electron chi connectivity index (χ4n) is 8.20. The highest BCUT2D eigenvalue weighted by atomic mass is 16.3. The summed E-state index contributed by atoms with van der Waals surface area (Å²) in [6, 6.07) is 52.9. The number of pyridine rings is 3. The molecule has 0 N–H and O–H groups in total. The third-order valence-electron chi connectivity index (χ3n) is 11.1. The molecule has 12 aromatic rings. The molecule has 0 fully saturated rings. The monoisotopic (exact) mass is 731 g/mol. The van der Waals surface area contributed by atoms with Gasteiger partial charge in [0.05, 0.1) is 5.69 Å². The Morgan fingerprint density at radius 1 is 0.298 bits per heavy atom. The van der Waals surface area contributed by atoms with E-state index in [4.69, 9.17) is 18.2 Å². The van der Waals surface area contributed by atoms with E-state index in [9.17, 15) is 0 Å². The van der Waals surface area contributed by atoms with E-state index < -0.39 is 0 Å². The minimum atomic E-state index is 0.761. The zero-order valence-electron chi connectivity index (χ0n) is 30.3. The second kappa shape index (κ2) is 12.3. The van der Waals surface area contributed by atoms with Crippen LogP contribution < -0.4 is 0 Å². The van der Waals surface area contributed by atoms with E-state index >= 15 is 0 Å². The summed E-state index contributed by atoms with van der Waals surface area (Å²) in [5, 5.41) is 5.13. The molecule has 6 aromatic heterocycles. The molecular weight excluding hydrogens is 703 g/mol. The highest BCUT2D eigenvalue weighted by Gasteiger charge is 2.15. The lowest BCUT2D eigenvalue weighted by molar-refractivity contribution is 0.668. The van der Waals surface area contributed by atoms with Crippen molar-refractivity contribution < 1.29 is 13.3 Å². The van der Waals surface area contributed by atoms with Gasteiger partial charge in [-0.15, -0.1) is 0 Å². The fraction of sp³-hybridized carbons (Fsp3) is 0.